The van der Waals surface area contributed by atoms with Crippen LogP contribution in [-0.2, 0) is 11.3 Å². The van der Waals surface area contributed by atoms with Crippen LogP contribution in [0.25, 0.3) is 0 Å². The molecule has 0 spiro atoms. The number of hydrogen-bond acceptors (Lipinski definition) is 3. The monoisotopic (exact) mass is 389 g/mol. The van der Waals surface area contributed by atoms with Crippen molar-refractivity contribution in [2.45, 2.75) is 19.5 Å². The molecule has 0 bridgehead atoms. The minimum absolute atomic E-state index is 0.0144. The number of carbonyl (C=O) groups excluding carboxylic acids is 1. The fraction of sp³-hybridized carbons (Fsp3) is 0.250. The first-order valence-corrected chi connectivity index (χ1v) is 10.2. The smallest absolute Gasteiger partial charge is 0.275 e. The highest BCUT2D eigenvalue weighted by Crippen LogP contribution is 2.26. The highest BCUT2D eigenvalue weighted by Gasteiger charge is 2.20. The van der Waals surface area contributed by atoms with Gasteiger partial charge in [-0.25, -0.2) is 4.39 Å². The van der Waals surface area contributed by atoms with E-state index in [2.05, 4.69) is 23.7 Å². The molecule has 136 valence electrons. The van der Waals surface area contributed by atoms with Gasteiger partial charge in [0.15, 0.2) is 6.54 Å². The molecule has 3 aromatic rings. The molecule has 0 fully saturated rings. The second-order valence-electron chi connectivity index (χ2n) is 6.40. The van der Waals surface area contributed by atoms with Crippen LogP contribution in [0.15, 0.2) is 53.2 Å². The van der Waals surface area contributed by atoms with Gasteiger partial charge in [0.2, 0.25) is 0 Å². The van der Waals surface area contributed by atoms with Gasteiger partial charge < -0.3 is 10.2 Å². The number of nitrogens with one attached hydrogen (secondary N) is 2. The SMILES string of the molecule is Cc1ccsc1C[NH+](C)CC(=O)N[C@@H](c1ccc(F)cc1)c1cccs1. The third-order valence-corrected chi connectivity index (χ3v) is 6.19. The van der Waals surface area contributed by atoms with Crippen molar-refractivity contribution in [1.82, 2.24) is 5.32 Å². The van der Waals surface area contributed by atoms with E-state index in [9.17, 15) is 9.18 Å². The highest BCUT2D eigenvalue weighted by atomic mass is 32.1. The number of likely N-dealkylation sites (N-methyl/N-ethyl adjacent to an activating group) is 1. The average Bonchev–Trinajstić information content (AvgIpc) is 3.26. The summed E-state index contributed by atoms with van der Waals surface area (Å²) in [5.74, 6) is -0.292. The lowest BCUT2D eigenvalue weighted by Crippen LogP contribution is -3.08. The predicted molar refractivity (Wildman–Crippen MR) is 105 cm³/mol. The third kappa shape index (κ3) is 4.78. The van der Waals surface area contributed by atoms with Crippen LogP contribution in [0.4, 0.5) is 4.39 Å². The molecule has 0 aliphatic heterocycles. The molecule has 2 aromatic heterocycles. The number of benzene rings is 1. The molecule has 2 N–H and O–H groups in total. The van der Waals surface area contributed by atoms with Crippen LogP contribution >= 0.6 is 22.7 Å². The zero-order valence-corrected chi connectivity index (χ0v) is 16.4. The summed E-state index contributed by atoms with van der Waals surface area (Å²) in [5.41, 5.74) is 2.16. The summed E-state index contributed by atoms with van der Waals surface area (Å²) >= 11 is 3.31. The summed E-state index contributed by atoms with van der Waals surface area (Å²) in [6.07, 6.45) is 0. The number of halogens is 1. The fourth-order valence-corrected chi connectivity index (χ4v) is 4.66. The van der Waals surface area contributed by atoms with Crippen LogP contribution in [0, 0.1) is 12.7 Å². The summed E-state index contributed by atoms with van der Waals surface area (Å²) < 4.78 is 13.3. The van der Waals surface area contributed by atoms with Gasteiger partial charge in [-0.3, -0.25) is 4.79 Å². The predicted octanol–water partition coefficient (Wildman–Crippen LogP) is 3.18. The summed E-state index contributed by atoms with van der Waals surface area (Å²) in [6, 6.07) is 12.1. The van der Waals surface area contributed by atoms with Gasteiger partial charge >= 0.3 is 0 Å². The Bertz CT molecular complexity index is 843. The minimum atomic E-state index is -0.277. The molecule has 2 atom stereocenters. The molecule has 1 amide bonds. The molecule has 3 rings (SSSR count). The van der Waals surface area contributed by atoms with Gasteiger partial charge in [-0.2, -0.15) is 0 Å². The maximum atomic E-state index is 13.3. The van der Waals surface area contributed by atoms with Crippen molar-refractivity contribution in [2.24, 2.45) is 0 Å². The Labute approximate surface area is 161 Å². The first kappa shape index (κ1) is 18.8. The van der Waals surface area contributed by atoms with Crippen LogP contribution in [0.5, 0.6) is 0 Å². The van der Waals surface area contributed by atoms with Crippen LogP contribution in [0.2, 0.25) is 0 Å². The third-order valence-electron chi connectivity index (χ3n) is 4.23. The molecular weight excluding hydrogens is 367 g/mol. The molecule has 0 aliphatic rings. The largest absolute Gasteiger partial charge is 0.339 e. The van der Waals surface area contributed by atoms with Gasteiger partial charge in [-0.05, 0) is 53.1 Å². The second kappa shape index (κ2) is 8.58. The molecule has 0 radical (unpaired) electrons. The average molecular weight is 390 g/mol. The number of quaternary nitrogens is 1. The number of aryl methyl sites for hydroxylation is 1. The topological polar surface area (TPSA) is 33.5 Å². The molecule has 26 heavy (non-hydrogen) atoms. The zero-order chi connectivity index (χ0) is 18.5. The normalized spacial score (nSPS) is 13.3. The van der Waals surface area contributed by atoms with Crippen molar-refractivity contribution < 1.29 is 14.1 Å². The Hall–Kier alpha value is -2.02. The van der Waals surface area contributed by atoms with Gasteiger partial charge in [0, 0.05) is 4.88 Å². The van der Waals surface area contributed by atoms with E-state index in [0.717, 1.165) is 21.9 Å². The second-order valence-corrected chi connectivity index (χ2v) is 8.38. The molecule has 0 saturated heterocycles. The van der Waals surface area contributed by atoms with Crippen molar-refractivity contribution in [2.75, 3.05) is 13.6 Å². The van der Waals surface area contributed by atoms with Crippen LogP contribution < -0.4 is 10.2 Å². The Kier molecular flexibility index (Phi) is 6.19. The van der Waals surface area contributed by atoms with E-state index in [-0.39, 0.29) is 17.8 Å². The van der Waals surface area contributed by atoms with E-state index in [1.165, 1.54) is 22.6 Å². The van der Waals surface area contributed by atoms with Crippen molar-refractivity contribution in [3.8, 4) is 0 Å². The summed E-state index contributed by atoms with van der Waals surface area (Å²) in [5, 5.41) is 7.18. The molecule has 3 nitrogen and oxygen atoms in total. The number of amides is 1. The Balaban J connectivity index is 1.67. The Morgan fingerprint density at radius 1 is 1.15 bits per heavy atom. The first-order valence-electron chi connectivity index (χ1n) is 8.45. The molecule has 1 unspecified atom stereocenters. The fourth-order valence-electron chi connectivity index (χ4n) is 2.84. The Morgan fingerprint density at radius 2 is 1.92 bits per heavy atom. The van der Waals surface area contributed by atoms with Crippen LogP contribution in [-0.4, -0.2) is 19.5 Å². The molecule has 1 aromatic carbocycles. The maximum absolute atomic E-state index is 13.3. The van der Waals surface area contributed by atoms with E-state index in [1.807, 2.05) is 24.6 Å². The van der Waals surface area contributed by atoms with E-state index in [1.54, 1.807) is 34.8 Å². The lowest BCUT2D eigenvalue weighted by Gasteiger charge is -2.20. The molecule has 0 aliphatic carbocycles. The van der Waals surface area contributed by atoms with Gasteiger partial charge in [0.25, 0.3) is 5.91 Å². The first-order chi connectivity index (χ1) is 12.5. The van der Waals surface area contributed by atoms with E-state index in [4.69, 9.17) is 0 Å². The van der Waals surface area contributed by atoms with Crippen LogP contribution in [0.3, 0.4) is 0 Å². The van der Waals surface area contributed by atoms with Gasteiger partial charge in [-0.15, -0.1) is 22.7 Å². The van der Waals surface area contributed by atoms with E-state index >= 15 is 0 Å². The molecule has 0 saturated carbocycles. The number of rotatable bonds is 7. The van der Waals surface area contributed by atoms with Crippen molar-refractivity contribution in [3.63, 3.8) is 0 Å². The van der Waals surface area contributed by atoms with Gasteiger partial charge in [-0.1, -0.05) is 18.2 Å². The Morgan fingerprint density at radius 3 is 2.54 bits per heavy atom. The molecular formula is C20H22FN2OS2+. The zero-order valence-electron chi connectivity index (χ0n) is 14.8. The molecule has 6 heteroatoms. The van der Waals surface area contributed by atoms with Crippen molar-refractivity contribution >= 4 is 28.6 Å². The minimum Gasteiger partial charge on any atom is -0.339 e. The standard InChI is InChI=1S/C20H21FN2OS2/c1-14-9-11-26-18(14)12-23(2)13-19(24)22-20(17-4-3-10-25-17)15-5-7-16(21)8-6-15/h3-11,20H,12-13H2,1-2H3,(H,22,24)/p+1/t20-/m0/s1. The number of carbonyl (C=O) groups is 1. The summed E-state index contributed by atoms with van der Waals surface area (Å²) in [4.78, 5) is 16.1. The van der Waals surface area contributed by atoms with Crippen molar-refractivity contribution in [3.05, 3.63) is 79.9 Å². The molecule has 2 heterocycles. The van der Waals surface area contributed by atoms with Gasteiger partial charge in [0.05, 0.1) is 18.0 Å². The van der Waals surface area contributed by atoms with Crippen molar-refractivity contribution in [1.29, 1.82) is 0 Å². The van der Waals surface area contributed by atoms with Gasteiger partial charge in [0.1, 0.15) is 12.4 Å². The number of hydrogen-bond donors (Lipinski definition) is 2. The van der Waals surface area contributed by atoms with Crippen LogP contribution in [0.1, 0.15) is 26.9 Å². The van der Waals surface area contributed by atoms with E-state index < -0.39 is 0 Å². The summed E-state index contributed by atoms with van der Waals surface area (Å²) in [7, 11) is 2.02. The number of thiophene rings is 2. The lowest BCUT2D eigenvalue weighted by atomic mass is 10.1. The maximum Gasteiger partial charge on any atom is 0.275 e. The van der Waals surface area contributed by atoms with E-state index in [0.29, 0.717) is 6.54 Å². The lowest BCUT2D eigenvalue weighted by molar-refractivity contribution is -0.885. The quantitative estimate of drug-likeness (QED) is 0.639. The summed E-state index contributed by atoms with van der Waals surface area (Å²) in [6.45, 7) is 3.32. The highest BCUT2D eigenvalue weighted by molar-refractivity contribution is 7.10.